The van der Waals surface area contributed by atoms with Gasteiger partial charge in [-0.05, 0) is 29.8 Å². The van der Waals surface area contributed by atoms with Gasteiger partial charge in [-0.15, -0.1) is 0 Å². The molecule has 0 saturated heterocycles. The standard InChI is InChI=1S/C18H17N3O4/c1-24-16-5-4-11(7-15(16)22)13-8-17(23)20-18-14(13)9-19-21(18)10-12-3-2-6-25-12/h2-7,9,13,22H,8,10H2,1H3,(H,20,23)/t13-/m0/s1. The summed E-state index contributed by atoms with van der Waals surface area (Å²) in [5.74, 6) is 1.60. The number of amides is 1. The molecule has 1 aliphatic rings. The van der Waals surface area contributed by atoms with Crippen molar-refractivity contribution < 1.29 is 19.1 Å². The number of anilines is 1. The molecule has 0 fully saturated rings. The van der Waals surface area contributed by atoms with Gasteiger partial charge in [0.2, 0.25) is 5.91 Å². The summed E-state index contributed by atoms with van der Waals surface area (Å²) >= 11 is 0. The van der Waals surface area contributed by atoms with Crippen molar-refractivity contribution in [3.8, 4) is 11.5 Å². The first kappa shape index (κ1) is 15.3. The molecule has 1 atom stereocenters. The Labute approximate surface area is 143 Å². The molecule has 25 heavy (non-hydrogen) atoms. The smallest absolute Gasteiger partial charge is 0.226 e. The number of hydrogen-bond donors (Lipinski definition) is 2. The molecule has 1 aliphatic heterocycles. The monoisotopic (exact) mass is 339 g/mol. The molecule has 2 aromatic heterocycles. The number of nitrogens with one attached hydrogen (secondary N) is 1. The Kier molecular flexibility index (Phi) is 3.68. The maximum atomic E-state index is 12.2. The molecule has 3 aromatic rings. The first-order valence-corrected chi connectivity index (χ1v) is 7.90. The molecule has 0 radical (unpaired) electrons. The molecule has 3 heterocycles. The third-order valence-corrected chi connectivity index (χ3v) is 4.38. The summed E-state index contributed by atoms with van der Waals surface area (Å²) in [5, 5.41) is 17.3. The van der Waals surface area contributed by atoms with Crippen LogP contribution < -0.4 is 10.1 Å². The average molecular weight is 339 g/mol. The van der Waals surface area contributed by atoms with Crippen molar-refractivity contribution in [3.63, 3.8) is 0 Å². The van der Waals surface area contributed by atoms with E-state index in [-0.39, 0.29) is 17.6 Å². The van der Waals surface area contributed by atoms with E-state index in [1.807, 2.05) is 18.2 Å². The van der Waals surface area contributed by atoms with Gasteiger partial charge in [-0.1, -0.05) is 6.07 Å². The number of methoxy groups -OCH3 is 1. The molecular weight excluding hydrogens is 322 g/mol. The lowest BCUT2D eigenvalue weighted by Gasteiger charge is -2.24. The van der Waals surface area contributed by atoms with E-state index in [2.05, 4.69) is 10.4 Å². The fourth-order valence-corrected chi connectivity index (χ4v) is 3.16. The molecule has 0 spiro atoms. The molecule has 1 amide bonds. The van der Waals surface area contributed by atoms with Crippen LogP contribution in [0.25, 0.3) is 0 Å². The number of hydrogen-bond acceptors (Lipinski definition) is 5. The minimum atomic E-state index is -0.175. The van der Waals surface area contributed by atoms with Gasteiger partial charge >= 0.3 is 0 Å². The highest BCUT2D eigenvalue weighted by Gasteiger charge is 2.30. The minimum absolute atomic E-state index is 0.0514. The van der Waals surface area contributed by atoms with Crippen LogP contribution in [0, 0.1) is 0 Å². The van der Waals surface area contributed by atoms with Gasteiger partial charge in [0.05, 0.1) is 19.6 Å². The van der Waals surface area contributed by atoms with E-state index in [0.29, 0.717) is 24.5 Å². The Morgan fingerprint density at radius 3 is 3.04 bits per heavy atom. The van der Waals surface area contributed by atoms with Crippen molar-refractivity contribution in [1.82, 2.24) is 9.78 Å². The second-order valence-corrected chi connectivity index (χ2v) is 5.92. The summed E-state index contributed by atoms with van der Waals surface area (Å²) in [7, 11) is 1.50. The van der Waals surface area contributed by atoms with Crippen LogP contribution in [0.4, 0.5) is 5.82 Å². The van der Waals surface area contributed by atoms with Crippen LogP contribution in [0.1, 0.15) is 29.2 Å². The molecule has 0 aliphatic carbocycles. The van der Waals surface area contributed by atoms with Crippen LogP contribution in [-0.2, 0) is 11.3 Å². The summed E-state index contributed by atoms with van der Waals surface area (Å²) < 4.78 is 12.2. The van der Waals surface area contributed by atoms with E-state index in [1.165, 1.54) is 7.11 Å². The predicted molar refractivity (Wildman–Crippen MR) is 89.8 cm³/mol. The Bertz CT molecular complexity index is 915. The van der Waals surface area contributed by atoms with Gasteiger partial charge in [-0.25, -0.2) is 4.68 Å². The van der Waals surface area contributed by atoms with Gasteiger partial charge in [0, 0.05) is 17.9 Å². The second-order valence-electron chi connectivity index (χ2n) is 5.92. The third kappa shape index (κ3) is 2.73. The first-order valence-electron chi connectivity index (χ1n) is 7.90. The van der Waals surface area contributed by atoms with Crippen molar-refractivity contribution in [1.29, 1.82) is 0 Å². The zero-order valence-corrected chi connectivity index (χ0v) is 13.6. The number of nitrogens with zero attached hydrogens (tertiary/aromatic N) is 2. The van der Waals surface area contributed by atoms with E-state index < -0.39 is 0 Å². The lowest BCUT2D eigenvalue weighted by Crippen LogP contribution is -2.25. The molecule has 0 unspecified atom stereocenters. The average Bonchev–Trinajstić information content (AvgIpc) is 3.25. The number of fused-ring (bicyclic) bond motifs is 1. The molecule has 7 heteroatoms. The van der Waals surface area contributed by atoms with Crippen LogP contribution in [-0.4, -0.2) is 27.9 Å². The number of benzene rings is 1. The highest BCUT2D eigenvalue weighted by molar-refractivity contribution is 5.94. The number of carbonyl (C=O) groups excluding carboxylic acids is 1. The van der Waals surface area contributed by atoms with Gasteiger partial charge in [0.15, 0.2) is 11.5 Å². The summed E-state index contributed by atoms with van der Waals surface area (Å²) in [6.45, 7) is 0.434. The number of ether oxygens (including phenoxy) is 1. The van der Waals surface area contributed by atoms with E-state index in [9.17, 15) is 9.90 Å². The number of furan rings is 1. The molecule has 0 saturated carbocycles. The Morgan fingerprint density at radius 1 is 1.44 bits per heavy atom. The Hall–Kier alpha value is -3.22. The molecular formula is C18H17N3O4. The molecule has 7 nitrogen and oxygen atoms in total. The van der Waals surface area contributed by atoms with Crippen molar-refractivity contribution in [2.45, 2.75) is 18.9 Å². The van der Waals surface area contributed by atoms with Crippen LogP contribution in [0.5, 0.6) is 11.5 Å². The highest BCUT2D eigenvalue weighted by atomic mass is 16.5. The largest absolute Gasteiger partial charge is 0.504 e. The summed E-state index contributed by atoms with van der Waals surface area (Å²) in [5.41, 5.74) is 1.75. The zero-order chi connectivity index (χ0) is 17.4. The SMILES string of the molecule is COc1ccc([C@@H]2CC(=O)Nc3c2cnn3Cc2ccco2)cc1O. The number of rotatable bonds is 4. The minimum Gasteiger partial charge on any atom is -0.504 e. The topological polar surface area (TPSA) is 89.5 Å². The second kappa shape index (κ2) is 6.01. The summed E-state index contributed by atoms with van der Waals surface area (Å²) in [4.78, 5) is 12.2. The fraction of sp³-hybridized carbons (Fsp3) is 0.222. The summed E-state index contributed by atoms with van der Waals surface area (Å²) in [6.07, 6.45) is 3.65. The number of aromatic hydroxyl groups is 1. The number of aromatic nitrogens is 2. The number of phenols is 1. The lowest BCUT2D eigenvalue weighted by atomic mass is 9.87. The zero-order valence-electron chi connectivity index (χ0n) is 13.6. The van der Waals surface area contributed by atoms with E-state index in [4.69, 9.17) is 9.15 Å². The van der Waals surface area contributed by atoms with E-state index in [1.54, 1.807) is 29.3 Å². The normalized spacial score (nSPS) is 16.4. The van der Waals surface area contributed by atoms with Crippen LogP contribution >= 0.6 is 0 Å². The maximum absolute atomic E-state index is 12.2. The molecule has 128 valence electrons. The predicted octanol–water partition coefficient (Wildman–Crippen LogP) is 2.71. The van der Waals surface area contributed by atoms with Crippen molar-refractivity contribution in [2.24, 2.45) is 0 Å². The van der Waals surface area contributed by atoms with Crippen molar-refractivity contribution >= 4 is 11.7 Å². The molecule has 4 rings (SSSR count). The quantitative estimate of drug-likeness (QED) is 0.763. The van der Waals surface area contributed by atoms with Crippen LogP contribution in [0.3, 0.4) is 0 Å². The Balaban J connectivity index is 1.71. The van der Waals surface area contributed by atoms with Crippen molar-refractivity contribution in [3.05, 3.63) is 59.7 Å². The van der Waals surface area contributed by atoms with Gasteiger partial charge in [0.1, 0.15) is 18.1 Å². The third-order valence-electron chi connectivity index (χ3n) is 4.38. The van der Waals surface area contributed by atoms with E-state index in [0.717, 1.165) is 16.9 Å². The van der Waals surface area contributed by atoms with Crippen LogP contribution in [0.15, 0.2) is 47.2 Å². The lowest BCUT2D eigenvalue weighted by molar-refractivity contribution is -0.116. The van der Waals surface area contributed by atoms with Gasteiger partial charge in [-0.2, -0.15) is 5.10 Å². The van der Waals surface area contributed by atoms with Gasteiger partial charge in [0.25, 0.3) is 0 Å². The van der Waals surface area contributed by atoms with Gasteiger partial charge in [-0.3, -0.25) is 4.79 Å². The molecule has 1 aromatic carbocycles. The molecule has 2 N–H and O–H groups in total. The number of phenolic OH excluding ortho intramolecular Hbond substituents is 1. The number of carbonyl (C=O) groups is 1. The van der Waals surface area contributed by atoms with Crippen LogP contribution in [0.2, 0.25) is 0 Å². The van der Waals surface area contributed by atoms with E-state index >= 15 is 0 Å². The van der Waals surface area contributed by atoms with Crippen molar-refractivity contribution in [2.75, 3.05) is 12.4 Å². The summed E-state index contributed by atoms with van der Waals surface area (Å²) in [6, 6.07) is 8.86. The van der Waals surface area contributed by atoms with Gasteiger partial charge < -0.3 is 19.6 Å². The fourth-order valence-electron chi connectivity index (χ4n) is 3.16. The maximum Gasteiger partial charge on any atom is 0.226 e. The first-order chi connectivity index (χ1) is 12.2. The highest BCUT2D eigenvalue weighted by Crippen LogP contribution is 2.39. The molecule has 0 bridgehead atoms. The Morgan fingerprint density at radius 2 is 2.32 bits per heavy atom.